The normalized spacial score (nSPS) is 10.6. The molecule has 0 aliphatic rings. The van der Waals surface area contributed by atoms with Crippen molar-refractivity contribution in [2.45, 2.75) is 6.92 Å². The Morgan fingerprint density at radius 2 is 1.91 bits per heavy atom. The van der Waals surface area contributed by atoms with E-state index in [-0.39, 0.29) is 11.5 Å². The van der Waals surface area contributed by atoms with Crippen LogP contribution >= 0.6 is 0 Å². The van der Waals surface area contributed by atoms with Crippen molar-refractivity contribution in [3.8, 4) is 17.1 Å². The van der Waals surface area contributed by atoms with E-state index in [2.05, 4.69) is 15.1 Å². The molecule has 0 spiro atoms. The summed E-state index contributed by atoms with van der Waals surface area (Å²) in [6, 6.07) is 8.99. The van der Waals surface area contributed by atoms with Crippen LogP contribution in [0.3, 0.4) is 0 Å². The number of carboxylic acid groups (broad SMARTS) is 1. The molecule has 0 radical (unpaired) electrons. The third-order valence-corrected chi connectivity index (χ3v) is 3.01. The van der Waals surface area contributed by atoms with E-state index in [1.807, 2.05) is 0 Å². The highest BCUT2D eigenvalue weighted by atomic mass is 19.1. The smallest absolute Gasteiger partial charge is 0.356 e. The molecule has 0 atom stereocenters. The number of hydrogen-bond acceptors (Lipinski definition) is 4. The van der Waals surface area contributed by atoms with Gasteiger partial charge in [-0.1, -0.05) is 0 Å². The molecule has 0 aliphatic carbocycles. The molecule has 0 fully saturated rings. The zero-order valence-corrected chi connectivity index (χ0v) is 11.6. The quantitative estimate of drug-likeness (QED) is 0.803. The third kappa shape index (κ3) is 2.69. The molecule has 0 amide bonds. The first-order chi connectivity index (χ1) is 10.5. The monoisotopic (exact) mass is 298 g/mol. The molecule has 0 unspecified atom stereocenters. The fraction of sp³-hybridized carbons (Fsp3) is 0.0667. The first-order valence-electron chi connectivity index (χ1n) is 6.44. The summed E-state index contributed by atoms with van der Waals surface area (Å²) in [7, 11) is 0. The van der Waals surface area contributed by atoms with Gasteiger partial charge in [-0.3, -0.25) is 0 Å². The molecular weight excluding hydrogens is 287 g/mol. The number of halogens is 1. The van der Waals surface area contributed by atoms with Crippen LogP contribution in [0.1, 0.15) is 16.3 Å². The number of aromatic carboxylic acids is 1. The standard InChI is InChI=1S/C15H11FN4O2/c1-9-17-13(10-2-4-11(16)5-3-10)8-14(18-9)20-7-6-12(19-20)15(21)22/h2-8H,1H3,(H,21,22). The van der Waals surface area contributed by atoms with Crippen LogP contribution in [0.25, 0.3) is 17.1 Å². The van der Waals surface area contributed by atoms with Crippen LogP contribution in [0, 0.1) is 12.7 Å². The van der Waals surface area contributed by atoms with Crippen molar-refractivity contribution in [1.82, 2.24) is 19.7 Å². The summed E-state index contributed by atoms with van der Waals surface area (Å²) < 4.78 is 14.4. The van der Waals surface area contributed by atoms with Crippen molar-refractivity contribution in [3.63, 3.8) is 0 Å². The van der Waals surface area contributed by atoms with Crippen molar-refractivity contribution in [2.24, 2.45) is 0 Å². The minimum absolute atomic E-state index is 0.0698. The molecule has 0 aliphatic heterocycles. The Bertz CT molecular complexity index is 843. The minimum Gasteiger partial charge on any atom is -0.476 e. The molecule has 1 N–H and O–H groups in total. The van der Waals surface area contributed by atoms with Gasteiger partial charge in [-0.25, -0.2) is 23.8 Å². The van der Waals surface area contributed by atoms with Gasteiger partial charge >= 0.3 is 5.97 Å². The van der Waals surface area contributed by atoms with E-state index >= 15 is 0 Å². The Labute approximate surface area is 124 Å². The van der Waals surface area contributed by atoms with Crippen LogP contribution < -0.4 is 0 Å². The molecule has 110 valence electrons. The van der Waals surface area contributed by atoms with E-state index in [1.165, 1.54) is 29.1 Å². The number of nitrogens with zero attached hydrogens (tertiary/aromatic N) is 4. The Kier molecular flexibility index (Phi) is 3.38. The van der Waals surface area contributed by atoms with Gasteiger partial charge in [0.15, 0.2) is 11.5 Å². The fourth-order valence-electron chi connectivity index (χ4n) is 2.00. The Morgan fingerprint density at radius 3 is 2.55 bits per heavy atom. The average molecular weight is 298 g/mol. The number of benzene rings is 1. The minimum atomic E-state index is -1.11. The summed E-state index contributed by atoms with van der Waals surface area (Å²) >= 11 is 0. The molecule has 0 bridgehead atoms. The molecule has 3 rings (SSSR count). The van der Waals surface area contributed by atoms with E-state index < -0.39 is 5.97 Å². The maximum absolute atomic E-state index is 13.0. The van der Waals surface area contributed by atoms with Gasteiger partial charge < -0.3 is 5.11 Å². The van der Waals surface area contributed by atoms with Crippen LogP contribution in [0.15, 0.2) is 42.6 Å². The Hall–Kier alpha value is -3.09. The highest BCUT2D eigenvalue weighted by Crippen LogP contribution is 2.19. The van der Waals surface area contributed by atoms with E-state index in [4.69, 9.17) is 5.11 Å². The molecule has 6 nitrogen and oxygen atoms in total. The lowest BCUT2D eigenvalue weighted by atomic mass is 10.1. The summed E-state index contributed by atoms with van der Waals surface area (Å²) in [6.07, 6.45) is 1.51. The zero-order valence-electron chi connectivity index (χ0n) is 11.6. The maximum Gasteiger partial charge on any atom is 0.356 e. The van der Waals surface area contributed by atoms with Crippen LogP contribution in [0.2, 0.25) is 0 Å². The van der Waals surface area contributed by atoms with Crippen LogP contribution in [-0.4, -0.2) is 30.8 Å². The number of rotatable bonds is 3. The molecule has 7 heteroatoms. The predicted octanol–water partition coefficient (Wildman–Crippen LogP) is 2.48. The lowest BCUT2D eigenvalue weighted by Crippen LogP contribution is -2.05. The summed E-state index contributed by atoms with van der Waals surface area (Å²) in [5.41, 5.74) is 1.27. The predicted molar refractivity (Wildman–Crippen MR) is 76.2 cm³/mol. The number of carboxylic acids is 1. The first kappa shape index (κ1) is 13.9. The SMILES string of the molecule is Cc1nc(-c2ccc(F)cc2)cc(-n2ccc(C(=O)O)n2)n1. The Morgan fingerprint density at radius 1 is 1.18 bits per heavy atom. The summed E-state index contributed by atoms with van der Waals surface area (Å²) in [6.45, 7) is 1.72. The molecule has 0 saturated heterocycles. The summed E-state index contributed by atoms with van der Waals surface area (Å²) in [4.78, 5) is 19.4. The highest BCUT2D eigenvalue weighted by molar-refractivity contribution is 5.85. The van der Waals surface area contributed by atoms with Crippen molar-refractivity contribution >= 4 is 5.97 Å². The first-order valence-corrected chi connectivity index (χ1v) is 6.44. The summed E-state index contributed by atoms with van der Waals surface area (Å²) in [5.74, 6) is -0.486. The van der Waals surface area contributed by atoms with E-state index in [9.17, 15) is 9.18 Å². The number of aromatic nitrogens is 4. The maximum atomic E-state index is 13.0. The van der Waals surface area contributed by atoms with Crippen LogP contribution in [-0.2, 0) is 0 Å². The average Bonchev–Trinajstić information content (AvgIpc) is 2.97. The lowest BCUT2D eigenvalue weighted by molar-refractivity contribution is 0.0690. The largest absolute Gasteiger partial charge is 0.476 e. The highest BCUT2D eigenvalue weighted by Gasteiger charge is 2.11. The molecule has 2 aromatic heterocycles. The fourth-order valence-corrected chi connectivity index (χ4v) is 2.00. The molecule has 0 saturated carbocycles. The second kappa shape index (κ2) is 5.36. The second-order valence-corrected chi connectivity index (χ2v) is 4.62. The number of aryl methyl sites for hydroxylation is 1. The summed E-state index contributed by atoms with van der Waals surface area (Å²) in [5, 5.41) is 12.9. The molecule has 22 heavy (non-hydrogen) atoms. The van der Waals surface area contributed by atoms with Gasteiger partial charge in [0.1, 0.15) is 11.6 Å². The molecule has 3 aromatic rings. The van der Waals surface area contributed by atoms with Gasteiger partial charge in [0.25, 0.3) is 0 Å². The van der Waals surface area contributed by atoms with Crippen LogP contribution in [0.5, 0.6) is 0 Å². The molecule has 1 aromatic carbocycles. The zero-order chi connectivity index (χ0) is 15.7. The second-order valence-electron chi connectivity index (χ2n) is 4.62. The van der Waals surface area contributed by atoms with Gasteiger partial charge in [0.05, 0.1) is 5.69 Å². The topological polar surface area (TPSA) is 80.9 Å². The third-order valence-electron chi connectivity index (χ3n) is 3.01. The van der Waals surface area contributed by atoms with Gasteiger partial charge in [0.2, 0.25) is 0 Å². The lowest BCUT2D eigenvalue weighted by Gasteiger charge is -2.06. The molecular formula is C15H11FN4O2. The van der Waals surface area contributed by atoms with Crippen molar-refractivity contribution in [3.05, 3.63) is 59.9 Å². The number of hydrogen-bond donors (Lipinski definition) is 1. The number of carbonyl (C=O) groups is 1. The van der Waals surface area contributed by atoms with Crippen molar-refractivity contribution in [1.29, 1.82) is 0 Å². The van der Waals surface area contributed by atoms with Crippen molar-refractivity contribution in [2.75, 3.05) is 0 Å². The van der Waals surface area contributed by atoms with Gasteiger partial charge in [0, 0.05) is 17.8 Å². The van der Waals surface area contributed by atoms with Gasteiger partial charge in [-0.15, -0.1) is 0 Å². The van der Waals surface area contributed by atoms with Crippen molar-refractivity contribution < 1.29 is 14.3 Å². The molecule has 2 heterocycles. The van der Waals surface area contributed by atoms with E-state index in [0.29, 0.717) is 17.3 Å². The Balaban J connectivity index is 2.05. The van der Waals surface area contributed by atoms with E-state index in [0.717, 1.165) is 5.56 Å². The van der Waals surface area contributed by atoms with E-state index in [1.54, 1.807) is 25.1 Å². The van der Waals surface area contributed by atoms with Crippen LogP contribution in [0.4, 0.5) is 4.39 Å². The van der Waals surface area contributed by atoms with Gasteiger partial charge in [-0.2, -0.15) is 5.10 Å². The van der Waals surface area contributed by atoms with Gasteiger partial charge in [-0.05, 0) is 37.3 Å².